The van der Waals surface area contributed by atoms with Crippen molar-refractivity contribution in [2.24, 2.45) is 11.7 Å². The lowest BCUT2D eigenvalue weighted by molar-refractivity contribution is 0.487. The van der Waals surface area contributed by atoms with Gasteiger partial charge >= 0.3 is 5.69 Å². The summed E-state index contributed by atoms with van der Waals surface area (Å²) in [5.74, 6) is -0.0693. The summed E-state index contributed by atoms with van der Waals surface area (Å²) in [6.45, 7) is 5.33. The quantitative estimate of drug-likeness (QED) is 0.842. The third-order valence-electron chi connectivity index (χ3n) is 5.47. The summed E-state index contributed by atoms with van der Waals surface area (Å²) in [5.41, 5.74) is 6.93. The van der Waals surface area contributed by atoms with Gasteiger partial charge in [-0.1, -0.05) is 0 Å². The molecule has 2 aliphatic heterocycles. The average Bonchev–Trinajstić information content (AvgIpc) is 3.09. The Morgan fingerprint density at radius 2 is 2.12 bits per heavy atom. The molecule has 6 nitrogen and oxygen atoms in total. The number of aromatic nitrogens is 2. The van der Waals surface area contributed by atoms with E-state index in [0.29, 0.717) is 30.1 Å². The monoisotopic (exact) mass is 368 g/mol. The fourth-order valence-corrected chi connectivity index (χ4v) is 4.22. The van der Waals surface area contributed by atoms with Crippen LogP contribution in [0.4, 0.5) is 10.1 Å². The largest absolute Gasteiger partial charge is 0.369 e. The third-order valence-corrected chi connectivity index (χ3v) is 5.47. The molecule has 1 unspecified atom stereocenters. The average molecular weight is 369 g/mol. The van der Waals surface area contributed by atoms with Crippen molar-refractivity contribution in [1.82, 2.24) is 9.55 Å². The van der Waals surface area contributed by atoms with Crippen LogP contribution in [0.15, 0.2) is 15.7 Å². The van der Waals surface area contributed by atoms with E-state index in [1.807, 2.05) is 18.7 Å². The molecule has 2 aliphatic rings. The van der Waals surface area contributed by atoms with Gasteiger partial charge in [0.1, 0.15) is 5.82 Å². The Kier molecular flexibility index (Phi) is 4.41. The van der Waals surface area contributed by atoms with Gasteiger partial charge in [0.15, 0.2) is 0 Å². The van der Waals surface area contributed by atoms with Crippen molar-refractivity contribution in [1.29, 1.82) is 0 Å². The predicted octanol–water partition coefficient (Wildman–Crippen LogP) is 1.54. The smallest absolute Gasteiger partial charge is 0.329 e. The number of nitrogens with zero attached hydrogens (tertiary/aromatic N) is 2. The number of anilines is 1. The van der Waals surface area contributed by atoms with Crippen molar-refractivity contribution in [3.8, 4) is 0 Å². The molecule has 25 heavy (non-hydrogen) atoms. The van der Waals surface area contributed by atoms with Gasteiger partial charge in [0.05, 0.1) is 16.6 Å². The molecule has 0 bridgehead atoms. The molecule has 136 valence electrons. The Labute approximate surface area is 150 Å². The minimum absolute atomic E-state index is 0. The number of nitrogens with two attached hydrogens (primary N) is 1. The van der Waals surface area contributed by atoms with Crippen molar-refractivity contribution in [3.63, 3.8) is 0 Å². The van der Waals surface area contributed by atoms with Gasteiger partial charge in [-0.25, -0.2) is 9.18 Å². The summed E-state index contributed by atoms with van der Waals surface area (Å²) in [6, 6.07) is 1.23. The SMILES string of the molecule is CC1Cc2c(N3CC[C@@H]([C@H](C)N)C3)c(F)cc3c(=O)[nH]c(=O)n1c23.Cl. The lowest BCUT2D eigenvalue weighted by Gasteiger charge is -2.23. The number of benzene rings is 1. The Hall–Kier alpha value is -1.86. The van der Waals surface area contributed by atoms with Gasteiger partial charge in [-0.2, -0.15) is 0 Å². The van der Waals surface area contributed by atoms with Crippen LogP contribution in [0.25, 0.3) is 10.9 Å². The number of H-pyrrole nitrogens is 1. The molecule has 1 aromatic carbocycles. The maximum Gasteiger partial charge on any atom is 0.329 e. The normalized spacial score (nSPS) is 23.1. The van der Waals surface area contributed by atoms with Gasteiger partial charge in [-0.15, -0.1) is 12.4 Å². The standard InChI is InChI=1S/C17H21FN4O2.ClH/c1-8-5-11-14-12(16(23)20-17(24)22(8)14)6-13(18)15(11)21-4-3-10(7-21)9(2)19;/h6,8-10H,3-5,7,19H2,1-2H3,(H,20,23,24);1H/t8?,9-,10+;/m0./s1. The van der Waals surface area contributed by atoms with Crippen molar-refractivity contribution in [2.45, 2.75) is 38.8 Å². The van der Waals surface area contributed by atoms with Gasteiger partial charge in [0.2, 0.25) is 0 Å². The first-order valence-corrected chi connectivity index (χ1v) is 8.39. The maximum absolute atomic E-state index is 14.9. The fraction of sp³-hybridized carbons (Fsp3) is 0.529. The Balaban J connectivity index is 0.00000182. The first-order chi connectivity index (χ1) is 11.4. The summed E-state index contributed by atoms with van der Waals surface area (Å²) >= 11 is 0. The molecule has 3 atom stereocenters. The van der Waals surface area contributed by atoms with Gasteiger partial charge in [0, 0.05) is 30.7 Å². The number of hydrogen-bond acceptors (Lipinski definition) is 4. The second-order valence-electron chi connectivity index (χ2n) is 7.12. The fourth-order valence-electron chi connectivity index (χ4n) is 4.22. The minimum Gasteiger partial charge on any atom is -0.369 e. The molecule has 4 rings (SSSR count). The van der Waals surface area contributed by atoms with E-state index < -0.39 is 17.1 Å². The molecule has 0 spiro atoms. The van der Waals surface area contributed by atoms with Gasteiger partial charge < -0.3 is 10.6 Å². The van der Waals surface area contributed by atoms with Crippen LogP contribution in [0, 0.1) is 11.7 Å². The van der Waals surface area contributed by atoms with Crippen molar-refractivity contribution >= 4 is 29.0 Å². The van der Waals surface area contributed by atoms with E-state index in [9.17, 15) is 14.0 Å². The molecule has 3 N–H and O–H groups in total. The number of nitrogens with one attached hydrogen (secondary N) is 1. The molecule has 1 saturated heterocycles. The predicted molar refractivity (Wildman–Crippen MR) is 98.4 cm³/mol. The van der Waals surface area contributed by atoms with E-state index in [2.05, 4.69) is 4.98 Å². The van der Waals surface area contributed by atoms with E-state index in [1.54, 1.807) is 4.57 Å². The van der Waals surface area contributed by atoms with Gasteiger partial charge in [-0.05, 0) is 38.7 Å². The molecule has 1 aromatic heterocycles. The number of hydrogen-bond donors (Lipinski definition) is 2. The Bertz CT molecular complexity index is 952. The highest BCUT2D eigenvalue weighted by molar-refractivity contribution is 5.89. The van der Waals surface area contributed by atoms with Crippen LogP contribution < -0.4 is 21.9 Å². The lowest BCUT2D eigenvalue weighted by atomic mass is 10.0. The van der Waals surface area contributed by atoms with Gasteiger partial charge in [0.25, 0.3) is 5.56 Å². The number of rotatable bonds is 2. The van der Waals surface area contributed by atoms with Crippen LogP contribution >= 0.6 is 12.4 Å². The van der Waals surface area contributed by atoms with Gasteiger partial charge in [-0.3, -0.25) is 14.3 Å². The van der Waals surface area contributed by atoms with Crippen LogP contribution in [0.2, 0.25) is 0 Å². The summed E-state index contributed by atoms with van der Waals surface area (Å²) in [7, 11) is 0. The summed E-state index contributed by atoms with van der Waals surface area (Å²) < 4.78 is 16.4. The topological polar surface area (TPSA) is 84.1 Å². The molecule has 0 radical (unpaired) electrons. The molecule has 1 fully saturated rings. The highest BCUT2D eigenvalue weighted by Gasteiger charge is 2.33. The van der Waals surface area contributed by atoms with E-state index in [-0.39, 0.29) is 29.9 Å². The molecular formula is C17H22ClFN4O2. The molecule has 0 aliphatic carbocycles. The summed E-state index contributed by atoms with van der Waals surface area (Å²) in [6.07, 6.45) is 1.47. The second kappa shape index (κ2) is 6.14. The van der Waals surface area contributed by atoms with E-state index in [4.69, 9.17) is 5.73 Å². The highest BCUT2D eigenvalue weighted by atomic mass is 35.5. The third kappa shape index (κ3) is 2.57. The number of aromatic amines is 1. The summed E-state index contributed by atoms with van der Waals surface area (Å²) in [5, 5.41) is 0.248. The van der Waals surface area contributed by atoms with Crippen LogP contribution in [-0.4, -0.2) is 28.7 Å². The zero-order valence-electron chi connectivity index (χ0n) is 14.2. The molecule has 2 aromatic rings. The van der Waals surface area contributed by atoms with Crippen molar-refractivity contribution in [3.05, 3.63) is 38.3 Å². The van der Waals surface area contributed by atoms with E-state index in [0.717, 1.165) is 18.5 Å². The molecule has 3 heterocycles. The zero-order valence-corrected chi connectivity index (χ0v) is 15.0. The van der Waals surface area contributed by atoms with Crippen molar-refractivity contribution in [2.75, 3.05) is 18.0 Å². The second-order valence-corrected chi connectivity index (χ2v) is 7.12. The zero-order chi connectivity index (χ0) is 17.2. The molecule has 0 amide bonds. The van der Waals surface area contributed by atoms with Crippen molar-refractivity contribution < 1.29 is 4.39 Å². The van der Waals surface area contributed by atoms with Crippen LogP contribution in [0.1, 0.15) is 31.9 Å². The Morgan fingerprint density at radius 3 is 2.76 bits per heavy atom. The Morgan fingerprint density at radius 1 is 1.40 bits per heavy atom. The maximum atomic E-state index is 14.9. The molecular weight excluding hydrogens is 347 g/mol. The van der Waals surface area contributed by atoms with E-state index >= 15 is 0 Å². The molecule has 8 heteroatoms. The first-order valence-electron chi connectivity index (χ1n) is 8.39. The molecule has 0 saturated carbocycles. The lowest BCUT2D eigenvalue weighted by Crippen LogP contribution is -2.31. The van der Waals surface area contributed by atoms with Crippen LogP contribution in [0.3, 0.4) is 0 Å². The van der Waals surface area contributed by atoms with Crippen LogP contribution in [-0.2, 0) is 6.42 Å². The minimum atomic E-state index is -0.526. The van der Waals surface area contributed by atoms with Crippen LogP contribution in [0.5, 0.6) is 0 Å². The van der Waals surface area contributed by atoms with E-state index in [1.165, 1.54) is 6.07 Å². The highest BCUT2D eigenvalue weighted by Crippen LogP contribution is 2.39. The summed E-state index contributed by atoms with van der Waals surface area (Å²) in [4.78, 5) is 28.6. The first kappa shape index (κ1) is 17.9. The number of halogens is 2.